The molecule has 2 aliphatic heterocycles. The summed E-state index contributed by atoms with van der Waals surface area (Å²) >= 11 is 0. The third-order valence-corrected chi connectivity index (χ3v) is 6.48. The van der Waals surface area contributed by atoms with E-state index in [1.54, 1.807) is 12.1 Å². The van der Waals surface area contributed by atoms with Crippen LogP contribution in [0.15, 0.2) is 42.5 Å². The lowest BCUT2D eigenvalue weighted by Crippen LogP contribution is -2.45. The van der Waals surface area contributed by atoms with Gasteiger partial charge in [-0.15, -0.1) is 0 Å². The minimum absolute atomic E-state index is 0.0966. The Labute approximate surface area is 181 Å². The molecule has 1 amide bonds. The van der Waals surface area contributed by atoms with Gasteiger partial charge in [0, 0.05) is 36.2 Å². The zero-order valence-corrected chi connectivity index (χ0v) is 17.7. The van der Waals surface area contributed by atoms with Crippen molar-refractivity contribution in [2.24, 2.45) is 5.92 Å². The topological polar surface area (TPSA) is 36.4 Å². The van der Waals surface area contributed by atoms with E-state index >= 15 is 0 Å². The number of benzene rings is 1. The monoisotopic (exact) mass is 431 g/mol. The van der Waals surface area contributed by atoms with E-state index < -0.39 is 11.7 Å². The van der Waals surface area contributed by atoms with E-state index in [0.29, 0.717) is 17.8 Å². The van der Waals surface area contributed by atoms with Crippen LogP contribution in [0, 0.1) is 5.92 Å². The fourth-order valence-corrected chi connectivity index (χ4v) is 4.63. The maximum absolute atomic E-state index is 13.1. The van der Waals surface area contributed by atoms with Crippen molar-refractivity contribution in [3.8, 4) is 11.3 Å². The zero-order chi connectivity index (χ0) is 22.0. The third-order valence-electron chi connectivity index (χ3n) is 6.48. The third kappa shape index (κ3) is 5.09. The number of hydrogen-bond acceptors (Lipinski definition) is 3. The van der Waals surface area contributed by atoms with Gasteiger partial charge >= 0.3 is 6.18 Å². The van der Waals surface area contributed by atoms with Crippen molar-refractivity contribution >= 4 is 5.91 Å². The fourth-order valence-electron chi connectivity index (χ4n) is 4.63. The highest BCUT2D eigenvalue weighted by molar-refractivity contribution is 5.79. The predicted molar refractivity (Wildman–Crippen MR) is 113 cm³/mol. The van der Waals surface area contributed by atoms with Crippen LogP contribution in [0.25, 0.3) is 11.3 Å². The molecule has 2 fully saturated rings. The van der Waals surface area contributed by atoms with Crippen molar-refractivity contribution in [2.75, 3.05) is 33.2 Å². The molecule has 0 bridgehead atoms. The number of nitrogens with zero attached hydrogens (tertiary/aromatic N) is 3. The number of aromatic nitrogens is 1. The van der Waals surface area contributed by atoms with Gasteiger partial charge in [-0.2, -0.15) is 13.2 Å². The summed E-state index contributed by atoms with van der Waals surface area (Å²) in [5, 5.41) is 0. The lowest BCUT2D eigenvalue weighted by atomic mass is 9.90. The number of piperidine rings is 2. The van der Waals surface area contributed by atoms with E-state index in [0.717, 1.165) is 63.1 Å². The molecule has 2 saturated heterocycles. The van der Waals surface area contributed by atoms with E-state index in [1.807, 2.05) is 17.0 Å². The minimum Gasteiger partial charge on any atom is -0.342 e. The van der Waals surface area contributed by atoms with Crippen molar-refractivity contribution in [3.05, 3.63) is 53.7 Å². The lowest BCUT2D eigenvalue weighted by Gasteiger charge is -2.37. The lowest BCUT2D eigenvalue weighted by molar-refractivity contribution is -0.138. The van der Waals surface area contributed by atoms with Gasteiger partial charge in [0.25, 0.3) is 0 Å². The molecule has 4 rings (SSSR count). The Kier molecular flexibility index (Phi) is 6.32. The number of carbonyl (C=O) groups is 1. The van der Waals surface area contributed by atoms with Gasteiger partial charge in [0.1, 0.15) is 0 Å². The Hall–Kier alpha value is -2.41. The summed E-state index contributed by atoms with van der Waals surface area (Å²) in [5.41, 5.74) is 1.15. The summed E-state index contributed by atoms with van der Waals surface area (Å²) in [4.78, 5) is 22.0. The van der Waals surface area contributed by atoms with E-state index in [1.165, 1.54) is 6.07 Å². The van der Waals surface area contributed by atoms with Crippen LogP contribution in [0.3, 0.4) is 0 Å². The Morgan fingerprint density at radius 3 is 2.52 bits per heavy atom. The van der Waals surface area contributed by atoms with E-state index in [-0.39, 0.29) is 17.7 Å². The molecule has 2 aromatic rings. The van der Waals surface area contributed by atoms with Gasteiger partial charge in [-0.05, 0) is 70.1 Å². The van der Waals surface area contributed by atoms with Gasteiger partial charge in [0.05, 0.1) is 11.3 Å². The van der Waals surface area contributed by atoms with Crippen molar-refractivity contribution in [3.63, 3.8) is 0 Å². The number of pyridine rings is 1. The van der Waals surface area contributed by atoms with Gasteiger partial charge in [0.2, 0.25) is 5.91 Å². The van der Waals surface area contributed by atoms with Crippen LogP contribution in [0.1, 0.15) is 42.9 Å². The molecule has 0 unspecified atom stereocenters. The molecule has 0 radical (unpaired) electrons. The van der Waals surface area contributed by atoms with E-state index in [9.17, 15) is 18.0 Å². The van der Waals surface area contributed by atoms with Gasteiger partial charge in [0.15, 0.2) is 0 Å². The van der Waals surface area contributed by atoms with Crippen molar-refractivity contribution in [1.82, 2.24) is 14.8 Å². The summed E-state index contributed by atoms with van der Waals surface area (Å²) in [5.74, 6) is 0.445. The molecule has 0 aliphatic carbocycles. The Balaban J connectivity index is 1.49. The first kappa shape index (κ1) is 21.8. The van der Waals surface area contributed by atoms with Crippen LogP contribution in [0.2, 0.25) is 0 Å². The number of rotatable bonds is 3. The molecule has 4 nitrogen and oxygen atoms in total. The number of amides is 1. The molecule has 0 spiro atoms. The van der Waals surface area contributed by atoms with E-state index in [4.69, 9.17) is 4.98 Å². The maximum Gasteiger partial charge on any atom is 0.416 e. The molecule has 0 N–H and O–H groups in total. The average molecular weight is 432 g/mol. The summed E-state index contributed by atoms with van der Waals surface area (Å²) in [7, 11) is 2.08. The molecule has 1 aromatic carbocycles. The number of halogens is 3. The quantitative estimate of drug-likeness (QED) is 0.700. The van der Waals surface area contributed by atoms with Gasteiger partial charge in [-0.3, -0.25) is 9.78 Å². The largest absolute Gasteiger partial charge is 0.416 e. The Morgan fingerprint density at radius 1 is 1.03 bits per heavy atom. The standard InChI is InChI=1S/C24H28F3N3O/c1-29-13-10-17(11-14-29)23(31)30-12-4-6-19(16-30)22-9-3-8-21(28-22)18-5-2-7-20(15-18)24(25,26)27/h2-3,5,7-9,15,17,19H,4,6,10-14,16H2,1H3/t19-/m1/s1. The van der Waals surface area contributed by atoms with Gasteiger partial charge in [-0.1, -0.05) is 18.2 Å². The SMILES string of the molecule is CN1CCC(C(=O)N2CCC[C@@H](c3cccc(-c4cccc(C(F)(F)F)c4)n3)C2)CC1. The fraction of sp³-hybridized carbons (Fsp3) is 0.500. The van der Waals surface area contributed by atoms with Crippen LogP contribution in [-0.4, -0.2) is 53.9 Å². The smallest absolute Gasteiger partial charge is 0.342 e. The highest BCUT2D eigenvalue weighted by Gasteiger charge is 2.32. The predicted octanol–water partition coefficient (Wildman–Crippen LogP) is 4.82. The molecule has 166 valence electrons. The van der Waals surface area contributed by atoms with Crippen LogP contribution in [0.4, 0.5) is 13.2 Å². The molecule has 1 atom stereocenters. The number of alkyl halides is 3. The molecule has 7 heteroatoms. The first-order valence-corrected chi connectivity index (χ1v) is 10.9. The highest BCUT2D eigenvalue weighted by Crippen LogP contribution is 2.33. The maximum atomic E-state index is 13.1. The molecular weight excluding hydrogens is 403 g/mol. The van der Waals surface area contributed by atoms with Gasteiger partial charge in [-0.25, -0.2) is 0 Å². The van der Waals surface area contributed by atoms with Crippen LogP contribution >= 0.6 is 0 Å². The van der Waals surface area contributed by atoms with Crippen molar-refractivity contribution in [2.45, 2.75) is 37.8 Å². The van der Waals surface area contributed by atoms with Crippen LogP contribution < -0.4 is 0 Å². The molecule has 0 saturated carbocycles. The highest BCUT2D eigenvalue weighted by atomic mass is 19.4. The van der Waals surface area contributed by atoms with Crippen LogP contribution in [0.5, 0.6) is 0 Å². The normalized spacial score (nSPS) is 21.3. The number of carbonyl (C=O) groups excluding carboxylic acids is 1. The first-order valence-electron chi connectivity index (χ1n) is 10.9. The second kappa shape index (κ2) is 8.99. The molecule has 31 heavy (non-hydrogen) atoms. The first-order chi connectivity index (χ1) is 14.8. The van der Waals surface area contributed by atoms with Crippen LogP contribution in [-0.2, 0) is 11.0 Å². The number of hydrogen-bond donors (Lipinski definition) is 0. The zero-order valence-electron chi connectivity index (χ0n) is 17.7. The summed E-state index contributed by atoms with van der Waals surface area (Å²) in [6.07, 6.45) is -0.736. The number of likely N-dealkylation sites (tertiary alicyclic amines) is 2. The minimum atomic E-state index is -4.38. The summed E-state index contributed by atoms with van der Waals surface area (Å²) in [6.45, 7) is 3.31. The molecule has 2 aliphatic rings. The summed E-state index contributed by atoms with van der Waals surface area (Å²) in [6, 6.07) is 10.8. The second-order valence-corrected chi connectivity index (χ2v) is 8.73. The Morgan fingerprint density at radius 2 is 1.77 bits per heavy atom. The second-order valence-electron chi connectivity index (χ2n) is 8.73. The molecular formula is C24H28F3N3O. The van der Waals surface area contributed by atoms with E-state index in [2.05, 4.69) is 11.9 Å². The molecule has 3 heterocycles. The van der Waals surface area contributed by atoms with Gasteiger partial charge < -0.3 is 9.80 Å². The molecule has 1 aromatic heterocycles. The summed E-state index contributed by atoms with van der Waals surface area (Å²) < 4.78 is 39.3. The van der Waals surface area contributed by atoms with Crippen molar-refractivity contribution < 1.29 is 18.0 Å². The van der Waals surface area contributed by atoms with Crippen molar-refractivity contribution in [1.29, 1.82) is 0 Å². The average Bonchev–Trinajstić information content (AvgIpc) is 2.79. The Bertz CT molecular complexity index is 922.